The number of hydrogen-bond acceptors (Lipinski definition) is 3. The van der Waals surface area contributed by atoms with Crippen molar-refractivity contribution in [1.29, 1.82) is 0 Å². The normalized spacial score (nSPS) is 20.4. The Morgan fingerprint density at radius 1 is 0.929 bits per heavy atom. The minimum absolute atomic E-state index is 0.0139. The maximum absolute atomic E-state index is 12.8. The summed E-state index contributed by atoms with van der Waals surface area (Å²) >= 11 is 0. The fourth-order valence-electron chi connectivity index (χ4n) is 3.96. The Labute approximate surface area is 166 Å². The molecule has 7 nitrogen and oxygen atoms in total. The Balaban J connectivity index is 1.54. The maximum atomic E-state index is 12.8. The molecule has 4 amide bonds. The van der Waals surface area contributed by atoms with Crippen LogP contribution in [0.15, 0.2) is 24.3 Å². The van der Waals surface area contributed by atoms with Crippen LogP contribution < -0.4 is 5.73 Å². The van der Waals surface area contributed by atoms with E-state index >= 15 is 0 Å². The van der Waals surface area contributed by atoms with Crippen molar-refractivity contribution in [2.24, 2.45) is 11.7 Å². The molecule has 1 aromatic rings. The molecule has 1 aromatic carbocycles. The summed E-state index contributed by atoms with van der Waals surface area (Å²) in [4.78, 5) is 42.1. The second-order valence-corrected chi connectivity index (χ2v) is 8.02. The fourth-order valence-corrected chi connectivity index (χ4v) is 3.96. The van der Waals surface area contributed by atoms with Crippen LogP contribution in [0.25, 0.3) is 0 Å². The summed E-state index contributed by atoms with van der Waals surface area (Å²) in [5, 5.41) is 0. The van der Waals surface area contributed by atoms with Crippen LogP contribution in [0.4, 0.5) is 4.79 Å². The van der Waals surface area contributed by atoms with Crippen molar-refractivity contribution in [2.45, 2.75) is 32.6 Å². The van der Waals surface area contributed by atoms with Crippen LogP contribution in [0.3, 0.4) is 0 Å². The van der Waals surface area contributed by atoms with E-state index in [2.05, 4.69) is 13.8 Å². The van der Waals surface area contributed by atoms with Gasteiger partial charge in [0.2, 0.25) is 5.91 Å². The molecule has 0 aliphatic carbocycles. The van der Waals surface area contributed by atoms with Crippen molar-refractivity contribution in [1.82, 2.24) is 14.7 Å². The van der Waals surface area contributed by atoms with Gasteiger partial charge in [-0.05, 0) is 36.5 Å². The number of likely N-dealkylation sites (tertiary alicyclic amines) is 1. The predicted molar refractivity (Wildman–Crippen MR) is 107 cm³/mol. The van der Waals surface area contributed by atoms with Crippen molar-refractivity contribution in [3.05, 3.63) is 35.4 Å². The Kier molecular flexibility index (Phi) is 6.21. The Morgan fingerprint density at radius 3 is 2.11 bits per heavy atom. The molecule has 28 heavy (non-hydrogen) atoms. The molecule has 0 bridgehead atoms. The quantitative estimate of drug-likeness (QED) is 0.860. The number of piperazine rings is 1. The van der Waals surface area contributed by atoms with Gasteiger partial charge in [0.25, 0.3) is 5.91 Å². The number of benzene rings is 1. The lowest BCUT2D eigenvalue weighted by Crippen LogP contribution is -2.54. The molecule has 0 aromatic heterocycles. The first-order chi connectivity index (χ1) is 13.4. The van der Waals surface area contributed by atoms with E-state index < -0.39 is 6.03 Å². The molecule has 0 radical (unpaired) electrons. The van der Waals surface area contributed by atoms with E-state index in [1.165, 1.54) is 5.56 Å². The Bertz CT molecular complexity index is 724. The Morgan fingerprint density at radius 2 is 1.54 bits per heavy atom. The first-order valence-corrected chi connectivity index (χ1v) is 10.1. The fraction of sp³-hybridized carbons (Fsp3) is 0.571. The predicted octanol–water partition coefficient (Wildman–Crippen LogP) is 1.89. The highest BCUT2D eigenvalue weighted by atomic mass is 16.2. The zero-order chi connectivity index (χ0) is 20.3. The molecule has 0 saturated carbocycles. The summed E-state index contributed by atoms with van der Waals surface area (Å²) in [6.07, 6.45) is 1.58. The molecular weight excluding hydrogens is 356 g/mol. The smallest absolute Gasteiger partial charge is 0.314 e. The minimum Gasteiger partial charge on any atom is -0.351 e. The van der Waals surface area contributed by atoms with E-state index in [4.69, 9.17) is 5.73 Å². The monoisotopic (exact) mass is 386 g/mol. The molecule has 3 rings (SSSR count). The van der Waals surface area contributed by atoms with Gasteiger partial charge in [-0.1, -0.05) is 26.0 Å². The largest absolute Gasteiger partial charge is 0.351 e. The molecule has 7 heteroatoms. The van der Waals surface area contributed by atoms with Gasteiger partial charge >= 0.3 is 6.03 Å². The third kappa shape index (κ3) is 4.46. The van der Waals surface area contributed by atoms with E-state index in [0.717, 1.165) is 12.8 Å². The van der Waals surface area contributed by atoms with Gasteiger partial charge in [-0.25, -0.2) is 4.79 Å². The van der Waals surface area contributed by atoms with Gasteiger partial charge in [0.1, 0.15) is 0 Å². The highest BCUT2D eigenvalue weighted by molar-refractivity contribution is 5.94. The lowest BCUT2D eigenvalue weighted by atomic mass is 9.96. The number of urea groups is 1. The van der Waals surface area contributed by atoms with Crippen LogP contribution in [0.5, 0.6) is 0 Å². The second kappa shape index (κ2) is 8.63. The first-order valence-electron chi connectivity index (χ1n) is 10.1. The molecule has 1 atom stereocenters. The van der Waals surface area contributed by atoms with Crippen LogP contribution >= 0.6 is 0 Å². The minimum atomic E-state index is -0.462. The summed E-state index contributed by atoms with van der Waals surface area (Å²) < 4.78 is 0. The van der Waals surface area contributed by atoms with Gasteiger partial charge in [-0.3, -0.25) is 9.59 Å². The van der Waals surface area contributed by atoms with Crippen LogP contribution in [0.2, 0.25) is 0 Å². The van der Waals surface area contributed by atoms with E-state index in [1.54, 1.807) is 4.90 Å². The number of carbonyl (C=O) groups excluding carboxylic acids is 3. The van der Waals surface area contributed by atoms with Crippen LogP contribution in [0.1, 0.15) is 48.5 Å². The zero-order valence-electron chi connectivity index (χ0n) is 16.8. The average molecular weight is 386 g/mol. The van der Waals surface area contributed by atoms with Crippen LogP contribution in [-0.2, 0) is 4.79 Å². The highest BCUT2D eigenvalue weighted by Crippen LogP contribution is 2.20. The van der Waals surface area contributed by atoms with Crippen LogP contribution in [0, 0.1) is 5.92 Å². The molecule has 2 aliphatic rings. The van der Waals surface area contributed by atoms with Gasteiger partial charge in [-0.15, -0.1) is 0 Å². The summed E-state index contributed by atoms with van der Waals surface area (Å²) in [5.41, 5.74) is 7.26. The molecule has 0 spiro atoms. The topological polar surface area (TPSA) is 87.0 Å². The maximum Gasteiger partial charge on any atom is 0.314 e. The molecule has 2 saturated heterocycles. The molecule has 152 valence electrons. The number of nitrogens with two attached hydrogens (primary N) is 1. The standard InChI is InChI=1S/C21H30N4O3/c1-15(2)16-5-7-17(8-6-16)19(26)23-10-12-24(13-11-23)20(27)18-4-3-9-25(14-18)21(22)28/h5-8,15,18H,3-4,9-14H2,1-2H3,(H2,22,28). The molecule has 1 unspecified atom stereocenters. The summed E-state index contributed by atoms with van der Waals surface area (Å²) in [6, 6.07) is 7.32. The summed E-state index contributed by atoms with van der Waals surface area (Å²) in [5.74, 6) is 0.329. The molecule has 2 N–H and O–H groups in total. The van der Waals surface area contributed by atoms with Crippen LogP contribution in [-0.4, -0.2) is 71.8 Å². The highest BCUT2D eigenvalue weighted by Gasteiger charge is 2.32. The Hall–Kier alpha value is -2.57. The number of amides is 4. The lowest BCUT2D eigenvalue weighted by Gasteiger charge is -2.38. The molecule has 2 fully saturated rings. The third-order valence-corrected chi connectivity index (χ3v) is 5.79. The van der Waals surface area contributed by atoms with E-state index in [0.29, 0.717) is 50.7 Å². The number of nitrogens with zero attached hydrogens (tertiary/aromatic N) is 3. The summed E-state index contributed by atoms with van der Waals surface area (Å²) in [6.45, 7) is 7.39. The summed E-state index contributed by atoms with van der Waals surface area (Å²) in [7, 11) is 0. The van der Waals surface area contributed by atoms with Crippen molar-refractivity contribution in [3.63, 3.8) is 0 Å². The molecule has 2 aliphatic heterocycles. The van der Waals surface area contributed by atoms with E-state index in [-0.39, 0.29) is 17.7 Å². The third-order valence-electron chi connectivity index (χ3n) is 5.79. The van der Waals surface area contributed by atoms with E-state index in [1.807, 2.05) is 34.1 Å². The number of primary amides is 1. The SMILES string of the molecule is CC(C)c1ccc(C(=O)N2CCN(C(=O)C3CCCN(C(N)=O)C3)CC2)cc1. The van der Waals surface area contributed by atoms with Gasteiger partial charge in [0.15, 0.2) is 0 Å². The van der Waals surface area contributed by atoms with Crippen molar-refractivity contribution in [2.75, 3.05) is 39.3 Å². The molecular formula is C21H30N4O3. The second-order valence-electron chi connectivity index (χ2n) is 8.02. The first kappa shape index (κ1) is 20.2. The number of hydrogen-bond donors (Lipinski definition) is 1. The number of carbonyl (C=O) groups is 3. The zero-order valence-corrected chi connectivity index (χ0v) is 16.8. The van der Waals surface area contributed by atoms with Gasteiger partial charge in [0, 0.05) is 44.8 Å². The van der Waals surface area contributed by atoms with Crippen molar-refractivity contribution in [3.8, 4) is 0 Å². The number of rotatable bonds is 3. The average Bonchev–Trinajstić information content (AvgIpc) is 2.73. The van der Waals surface area contributed by atoms with Gasteiger partial charge < -0.3 is 20.4 Å². The molecule has 2 heterocycles. The van der Waals surface area contributed by atoms with Gasteiger partial charge in [0.05, 0.1) is 5.92 Å². The van der Waals surface area contributed by atoms with Gasteiger partial charge in [-0.2, -0.15) is 0 Å². The lowest BCUT2D eigenvalue weighted by molar-refractivity contribution is -0.138. The van der Waals surface area contributed by atoms with E-state index in [9.17, 15) is 14.4 Å². The number of piperidine rings is 1. The van der Waals surface area contributed by atoms with Crippen molar-refractivity contribution >= 4 is 17.8 Å². The van der Waals surface area contributed by atoms with Crippen molar-refractivity contribution < 1.29 is 14.4 Å².